The van der Waals surface area contributed by atoms with Crippen molar-refractivity contribution in [3.63, 3.8) is 0 Å². The van der Waals surface area contributed by atoms with Crippen molar-refractivity contribution in [2.75, 3.05) is 26.4 Å². The van der Waals surface area contributed by atoms with Crippen molar-refractivity contribution in [2.45, 2.75) is 180 Å². The average molecular weight is 807 g/mol. The van der Waals surface area contributed by atoms with Crippen molar-refractivity contribution in [2.24, 2.45) is 17.8 Å². The van der Waals surface area contributed by atoms with Gasteiger partial charge in [-0.15, -0.1) is 0 Å². The molecule has 1 rings (SSSR count). The van der Waals surface area contributed by atoms with Gasteiger partial charge in [0.2, 0.25) is 0 Å². The summed E-state index contributed by atoms with van der Waals surface area (Å²) in [5, 5.41) is 49.7. The fraction of sp³-hybridized carbons (Fsp3) is 0.854. The molecule has 0 saturated heterocycles. The van der Waals surface area contributed by atoms with Crippen molar-refractivity contribution >= 4 is 19.8 Å². The number of ether oxygens (including phenoxy) is 2. The zero-order valence-electron chi connectivity index (χ0n) is 33.9. The molecule has 1 fully saturated rings. The zero-order chi connectivity index (χ0) is 40.9. The van der Waals surface area contributed by atoms with Crippen LogP contribution in [0.15, 0.2) is 24.3 Å². The molecule has 1 aliphatic carbocycles. The number of esters is 2. The molecule has 2 unspecified atom stereocenters. The number of phosphoric acid groups is 1. The molecule has 0 spiro atoms. The molecule has 0 heterocycles. The maximum Gasteiger partial charge on any atom is 0.472 e. The summed E-state index contributed by atoms with van der Waals surface area (Å²) < 4.78 is 32.6. The third-order valence-corrected chi connectivity index (χ3v) is 11.2. The van der Waals surface area contributed by atoms with Crippen molar-refractivity contribution in [1.82, 2.24) is 0 Å². The lowest BCUT2D eigenvalue weighted by Crippen LogP contribution is -2.29. The van der Waals surface area contributed by atoms with Gasteiger partial charge >= 0.3 is 19.8 Å². The molecule has 0 bridgehead atoms. The lowest BCUT2D eigenvalue weighted by molar-refractivity contribution is -0.160. The number of carbonyl (C=O) groups is 2. The SMILES string of the molecule is CCCCC[C@@H](O)/C=C/[C@@H]1[C@H](C/C=C\CC(=O)O[C@H](COC(=O)CCCCCCCCCCCCC(C)CC)COP(=O)(O)OC[C@@H](O)CO)[C@@H](O)C[C@H]1O. The van der Waals surface area contributed by atoms with Gasteiger partial charge in [0, 0.05) is 18.8 Å². The van der Waals surface area contributed by atoms with E-state index in [-0.39, 0.29) is 31.1 Å². The van der Waals surface area contributed by atoms with Gasteiger partial charge < -0.3 is 39.9 Å². The summed E-state index contributed by atoms with van der Waals surface area (Å²) >= 11 is 0. The number of unbranched alkanes of at least 4 members (excludes halogenated alkanes) is 11. The second-order valence-electron chi connectivity index (χ2n) is 15.2. The first-order valence-electron chi connectivity index (χ1n) is 20.9. The predicted octanol–water partition coefficient (Wildman–Crippen LogP) is 6.85. The Morgan fingerprint density at radius 3 is 2.05 bits per heavy atom. The number of aliphatic hydroxyl groups excluding tert-OH is 5. The Labute approximate surface area is 330 Å². The number of phosphoric ester groups is 1. The van der Waals surface area contributed by atoms with E-state index in [4.69, 9.17) is 19.1 Å². The molecule has 1 saturated carbocycles. The van der Waals surface area contributed by atoms with E-state index in [0.29, 0.717) is 19.3 Å². The highest BCUT2D eigenvalue weighted by Gasteiger charge is 2.39. The Morgan fingerprint density at radius 2 is 1.42 bits per heavy atom. The molecule has 322 valence electrons. The van der Waals surface area contributed by atoms with Crippen LogP contribution in [0.2, 0.25) is 0 Å². The molecule has 6 N–H and O–H groups in total. The van der Waals surface area contributed by atoms with Crippen molar-refractivity contribution in [3.8, 4) is 0 Å². The van der Waals surface area contributed by atoms with E-state index < -0.39 is 76.7 Å². The normalized spacial score (nSPS) is 22.1. The Bertz CT molecular complexity index is 1100. The lowest BCUT2D eigenvalue weighted by atomic mass is 9.89. The molecule has 14 heteroatoms. The van der Waals surface area contributed by atoms with Crippen LogP contribution in [0, 0.1) is 17.8 Å². The van der Waals surface area contributed by atoms with E-state index in [1.54, 1.807) is 24.3 Å². The van der Waals surface area contributed by atoms with Gasteiger partial charge in [-0.2, -0.15) is 0 Å². The second-order valence-corrected chi connectivity index (χ2v) is 16.7. The van der Waals surface area contributed by atoms with Gasteiger partial charge in [0.1, 0.15) is 12.7 Å². The van der Waals surface area contributed by atoms with Gasteiger partial charge in [-0.3, -0.25) is 18.6 Å². The van der Waals surface area contributed by atoms with Crippen LogP contribution < -0.4 is 0 Å². The third kappa shape index (κ3) is 26.1. The highest BCUT2D eigenvalue weighted by atomic mass is 31.2. The molecule has 0 aromatic carbocycles. The second kappa shape index (κ2) is 31.3. The van der Waals surface area contributed by atoms with Crippen LogP contribution in [0.25, 0.3) is 0 Å². The molecule has 0 aromatic heterocycles. The number of hydrogen-bond acceptors (Lipinski definition) is 12. The van der Waals surface area contributed by atoms with E-state index in [0.717, 1.165) is 44.4 Å². The van der Waals surface area contributed by atoms with Crippen molar-refractivity contribution in [3.05, 3.63) is 24.3 Å². The van der Waals surface area contributed by atoms with Crippen LogP contribution in [-0.4, -0.2) is 99.3 Å². The minimum atomic E-state index is -4.71. The monoisotopic (exact) mass is 806 g/mol. The van der Waals surface area contributed by atoms with Crippen molar-refractivity contribution in [1.29, 1.82) is 0 Å². The molecule has 0 aromatic rings. The predicted molar refractivity (Wildman–Crippen MR) is 212 cm³/mol. The number of allylic oxidation sites excluding steroid dienone is 1. The maximum atomic E-state index is 12.7. The quantitative estimate of drug-likeness (QED) is 0.0170. The van der Waals surface area contributed by atoms with Gasteiger partial charge in [-0.1, -0.05) is 135 Å². The molecule has 9 atom stereocenters. The summed E-state index contributed by atoms with van der Waals surface area (Å²) in [7, 11) is -4.71. The summed E-state index contributed by atoms with van der Waals surface area (Å²) in [6.45, 7) is 4.22. The van der Waals surface area contributed by atoms with E-state index >= 15 is 0 Å². The molecule has 0 radical (unpaired) electrons. The van der Waals surface area contributed by atoms with Gasteiger partial charge in [0.05, 0.1) is 44.6 Å². The summed E-state index contributed by atoms with van der Waals surface area (Å²) in [6, 6.07) is 0. The van der Waals surface area contributed by atoms with Crippen LogP contribution in [0.3, 0.4) is 0 Å². The highest BCUT2D eigenvalue weighted by molar-refractivity contribution is 7.47. The topological polar surface area (TPSA) is 210 Å². The number of aliphatic hydroxyl groups is 5. The van der Waals surface area contributed by atoms with Gasteiger partial charge in [0.25, 0.3) is 0 Å². The number of carbonyl (C=O) groups excluding carboxylic acids is 2. The van der Waals surface area contributed by atoms with E-state index in [2.05, 4.69) is 25.3 Å². The largest absolute Gasteiger partial charge is 0.472 e. The van der Waals surface area contributed by atoms with E-state index in [1.807, 2.05) is 0 Å². The van der Waals surface area contributed by atoms with Crippen LogP contribution in [0.5, 0.6) is 0 Å². The first-order valence-corrected chi connectivity index (χ1v) is 22.4. The number of hydrogen-bond donors (Lipinski definition) is 6. The lowest BCUT2D eigenvalue weighted by Gasteiger charge is -2.20. The molecule has 13 nitrogen and oxygen atoms in total. The summed E-state index contributed by atoms with van der Waals surface area (Å²) in [4.78, 5) is 35.2. The minimum absolute atomic E-state index is 0.177. The highest BCUT2D eigenvalue weighted by Crippen LogP contribution is 2.43. The van der Waals surface area contributed by atoms with Crippen LogP contribution >= 0.6 is 7.82 Å². The third-order valence-electron chi connectivity index (χ3n) is 10.3. The van der Waals surface area contributed by atoms with Crippen molar-refractivity contribution < 1.29 is 63.1 Å². The van der Waals surface area contributed by atoms with Crippen LogP contribution in [0.1, 0.15) is 149 Å². The molecule has 55 heavy (non-hydrogen) atoms. The standard InChI is InChI=1S/C41H75O13P/c1-4-6-15-21-33(43)25-26-37-36(38(45)27-39(37)46)22-18-19-24-41(48)54-35(31-53-55(49,50)52-29-34(44)28-42)30-51-40(47)23-17-14-12-10-8-7-9-11-13-16-20-32(3)5-2/h18-19,25-26,32-39,42-46H,4-17,20-24,27-31H2,1-3H3,(H,49,50)/b19-18-,26-25+/t32?,33-,34+,35-,36+,37-,38+,39-/m1/s1. The van der Waals surface area contributed by atoms with Gasteiger partial charge in [-0.25, -0.2) is 4.57 Å². The Morgan fingerprint density at radius 1 is 0.800 bits per heavy atom. The summed E-state index contributed by atoms with van der Waals surface area (Å²) in [5.41, 5.74) is 0. The fourth-order valence-corrected chi connectivity index (χ4v) is 7.32. The summed E-state index contributed by atoms with van der Waals surface area (Å²) in [6.07, 6.45) is 19.9. The Hall–Kier alpha value is -1.67. The fourth-order valence-electron chi connectivity index (χ4n) is 6.53. The zero-order valence-corrected chi connectivity index (χ0v) is 34.8. The maximum absolute atomic E-state index is 12.7. The summed E-state index contributed by atoms with van der Waals surface area (Å²) in [5.74, 6) is -1.08. The molecule has 0 amide bonds. The van der Waals surface area contributed by atoms with E-state index in [9.17, 15) is 39.5 Å². The smallest absolute Gasteiger partial charge is 0.462 e. The molecular formula is C41H75O13P. The minimum Gasteiger partial charge on any atom is -0.462 e. The molecular weight excluding hydrogens is 731 g/mol. The van der Waals surface area contributed by atoms with Crippen LogP contribution in [0.4, 0.5) is 0 Å². The first-order chi connectivity index (χ1) is 26.3. The Kier molecular flexibility index (Phi) is 29.3. The first kappa shape index (κ1) is 51.3. The van der Waals surface area contributed by atoms with E-state index in [1.165, 1.54) is 51.4 Å². The molecule has 1 aliphatic rings. The number of rotatable bonds is 34. The van der Waals surface area contributed by atoms with Gasteiger partial charge in [-0.05, 0) is 31.1 Å². The van der Waals surface area contributed by atoms with Gasteiger partial charge in [0.15, 0.2) is 6.10 Å². The van der Waals surface area contributed by atoms with Crippen LogP contribution in [-0.2, 0) is 32.7 Å². The Balaban J connectivity index is 2.56. The molecule has 0 aliphatic heterocycles. The average Bonchev–Trinajstić information content (AvgIpc) is 3.43.